The van der Waals surface area contributed by atoms with Crippen molar-refractivity contribution in [3.63, 3.8) is 0 Å². The van der Waals surface area contributed by atoms with Crippen LogP contribution in [0, 0.1) is 10.8 Å². The van der Waals surface area contributed by atoms with Gasteiger partial charge in [-0.2, -0.15) is 0 Å². The van der Waals surface area contributed by atoms with Crippen molar-refractivity contribution in [3.05, 3.63) is 0 Å². The zero-order valence-electron chi connectivity index (χ0n) is 48.8. The van der Waals surface area contributed by atoms with Crippen LogP contribution in [0.15, 0.2) is 0 Å². The molecule has 0 aromatic carbocycles. The lowest BCUT2D eigenvalue weighted by Gasteiger charge is -2.35. The minimum atomic E-state index is -1.47. The Kier molecular flexibility index (Phi) is 36.3. The van der Waals surface area contributed by atoms with Crippen LogP contribution in [0.3, 0.4) is 0 Å². The van der Waals surface area contributed by atoms with Crippen LogP contribution in [0.4, 0.5) is 0 Å². The minimum absolute atomic E-state index is 0.00764. The Morgan fingerprint density at radius 1 is 0.277 bits per heavy atom. The van der Waals surface area contributed by atoms with E-state index in [0.29, 0.717) is 74.2 Å². The highest BCUT2D eigenvalue weighted by Gasteiger charge is 2.41. The molecular formula is C58H94O19S6. The number of rotatable bonds is 40. The normalized spacial score (nSPS) is 24.7. The third-order valence-corrected chi connectivity index (χ3v) is 21.6. The Hall–Kier alpha value is -1.36. The molecule has 0 N–H and O–H groups in total. The van der Waals surface area contributed by atoms with Gasteiger partial charge in [-0.3, -0.25) is 28.8 Å². The molecule has 6 heterocycles. The van der Waals surface area contributed by atoms with Gasteiger partial charge in [-0.15, -0.1) is 70.6 Å². The molecule has 6 unspecified atom stereocenters. The van der Waals surface area contributed by atoms with Gasteiger partial charge in [0.15, 0.2) is 0 Å². The highest BCUT2D eigenvalue weighted by atomic mass is 32.2. The summed E-state index contributed by atoms with van der Waals surface area (Å²) in [5, 5.41) is 0. The number of ether oxygens (including phenoxy) is 13. The van der Waals surface area contributed by atoms with Gasteiger partial charge < -0.3 is 61.6 Å². The summed E-state index contributed by atoms with van der Waals surface area (Å²) in [5.41, 5.74) is -2.98. The molecule has 0 radical (unpaired) electrons. The van der Waals surface area contributed by atoms with Crippen LogP contribution in [-0.2, 0) is 90.3 Å². The number of carbonyl (C=O) groups excluding carboxylic acids is 6. The second-order valence-corrected chi connectivity index (χ2v) is 29.6. The minimum Gasteiger partial charge on any atom is -0.465 e. The molecule has 0 aromatic rings. The van der Waals surface area contributed by atoms with Gasteiger partial charge in [0, 0.05) is 74.2 Å². The summed E-state index contributed by atoms with van der Waals surface area (Å²) < 4.78 is 77.9. The Bertz CT molecular complexity index is 1510. The first-order valence-electron chi connectivity index (χ1n) is 30.5. The van der Waals surface area contributed by atoms with Gasteiger partial charge in [0.25, 0.3) is 0 Å². The molecule has 0 aliphatic carbocycles. The third kappa shape index (κ3) is 31.1. The van der Waals surface area contributed by atoms with E-state index in [1.54, 1.807) is 70.6 Å². The molecule has 0 aromatic heterocycles. The third-order valence-electron chi connectivity index (χ3n) is 14.5. The van der Waals surface area contributed by atoms with Crippen molar-refractivity contribution in [1.82, 2.24) is 0 Å². The van der Waals surface area contributed by atoms with E-state index in [-0.39, 0.29) is 124 Å². The number of esters is 6. The average Bonchev–Trinajstić information content (AvgIpc) is 3.60. The molecule has 0 saturated carbocycles. The second-order valence-electron chi connectivity index (χ2n) is 22.0. The Balaban J connectivity index is 1.21. The Morgan fingerprint density at radius 2 is 0.458 bits per heavy atom. The molecule has 6 atom stereocenters. The van der Waals surface area contributed by atoms with Crippen LogP contribution in [0.1, 0.15) is 154 Å². The van der Waals surface area contributed by atoms with Gasteiger partial charge in [0.2, 0.25) is 0 Å². The predicted molar refractivity (Wildman–Crippen MR) is 325 cm³/mol. The van der Waals surface area contributed by atoms with E-state index in [9.17, 15) is 28.8 Å². The number of thioether (sulfide) groups is 6. The molecule has 25 heteroatoms. The van der Waals surface area contributed by atoms with E-state index in [1.807, 2.05) is 0 Å². The maximum absolute atomic E-state index is 13.6. The van der Waals surface area contributed by atoms with Gasteiger partial charge >= 0.3 is 35.8 Å². The van der Waals surface area contributed by atoms with E-state index in [1.165, 1.54) is 0 Å². The Labute approximate surface area is 518 Å². The summed E-state index contributed by atoms with van der Waals surface area (Å²) in [6.45, 7) is 1.19. The molecule has 19 nitrogen and oxygen atoms in total. The van der Waals surface area contributed by atoms with Crippen molar-refractivity contribution < 1.29 is 90.3 Å². The highest BCUT2D eigenvalue weighted by Crippen LogP contribution is 2.32. The average molecular weight is 1290 g/mol. The van der Waals surface area contributed by atoms with Crippen molar-refractivity contribution in [2.24, 2.45) is 10.8 Å². The van der Waals surface area contributed by atoms with Gasteiger partial charge in [-0.25, -0.2) is 0 Å². The fourth-order valence-electron chi connectivity index (χ4n) is 9.52. The monoisotopic (exact) mass is 1290 g/mol. The van der Waals surface area contributed by atoms with E-state index in [0.717, 1.165) is 116 Å². The molecule has 476 valence electrons. The molecule has 0 bridgehead atoms. The molecule has 6 aliphatic heterocycles. The van der Waals surface area contributed by atoms with Crippen LogP contribution in [-0.4, -0.2) is 195 Å². The van der Waals surface area contributed by atoms with Crippen molar-refractivity contribution in [2.45, 2.75) is 187 Å². The second kappa shape index (κ2) is 42.5. The van der Waals surface area contributed by atoms with E-state index in [4.69, 9.17) is 61.6 Å². The SMILES string of the molecule is O=C(CCSC1CCCCO1)OCC(COCC(COC(=O)CCSC1CCCCO1)(COC(=O)CCSC1CCCCO1)COC(=O)CCSC1CCCCO1)(COC(=O)CCSC1CCCCO1)COC(=O)CCSC1CCCCO1. The molecule has 6 aliphatic rings. The summed E-state index contributed by atoms with van der Waals surface area (Å²) >= 11 is 9.33. The lowest BCUT2D eigenvalue weighted by atomic mass is 9.90. The highest BCUT2D eigenvalue weighted by molar-refractivity contribution is 8.00. The fraction of sp³-hybridized carbons (Fsp3) is 0.897. The van der Waals surface area contributed by atoms with Gasteiger partial charge in [0.1, 0.15) is 72.3 Å². The molecule has 0 amide bonds. The maximum atomic E-state index is 13.6. The molecule has 0 spiro atoms. The maximum Gasteiger partial charge on any atom is 0.306 e. The zero-order chi connectivity index (χ0) is 58.5. The van der Waals surface area contributed by atoms with Crippen molar-refractivity contribution in [2.75, 3.05) is 127 Å². The number of carbonyl (C=O) groups is 6. The molecule has 6 fully saturated rings. The standard InChI is InChI=1S/C58H94O19S6/c59-45(19-31-78-51-13-1-7-25-66-51)72-39-57(40-73-46(60)20-32-79-52-14-2-8-26-67-52,41-74-47(61)21-33-80-53-15-3-9-27-68-53)37-65-38-58(42-75-48(62)22-34-81-54-16-4-10-28-69-54,43-76-49(63)23-35-82-55-17-5-11-29-70-55)44-77-50(64)24-36-83-56-18-6-12-30-71-56/h51-56H,1-44H2. The largest absolute Gasteiger partial charge is 0.465 e. The Morgan fingerprint density at radius 3 is 0.614 bits per heavy atom. The van der Waals surface area contributed by atoms with Crippen molar-refractivity contribution >= 4 is 106 Å². The zero-order valence-corrected chi connectivity index (χ0v) is 53.7. The number of hydrogen-bond donors (Lipinski definition) is 0. The first kappa shape index (κ1) is 70.7. The van der Waals surface area contributed by atoms with Crippen molar-refractivity contribution in [1.29, 1.82) is 0 Å². The van der Waals surface area contributed by atoms with Gasteiger partial charge in [-0.1, -0.05) is 0 Å². The van der Waals surface area contributed by atoms with E-state index >= 15 is 0 Å². The number of hydrogen-bond acceptors (Lipinski definition) is 25. The first-order chi connectivity index (χ1) is 40.5. The summed E-state index contributed by atoms with van der Waals surface area (Å²) in [4.78, 5) is 81.8. The van der Waals surface area contributed by atoms with Crippen LogP contribution in [0.5, 0.6) is 0 Å². The summed E-state index contributed by atoms with van der Waals surface area (Å²) in [7, 11) is 0. The van der Waals surface area contributed by atoms with E-state index in [2.05, 4.69) is 0 Å². The predicted octanol–water partition coefficient (Wildman–Crippen LogP) is 10.1. The summed E-state index contributed by atoms with van der Waals surface area (Å²) in [6.07, 6.45) is 18.1. The summed E-state index contributed by atoms with van der Waals surface area (Å²) in [5.74, 6) is -0.384. The van der Waals surface area contributed by atoms with Crippen LogP contribution in [0.25, 0.3) is 0 Å². The smallest absolute Gasteiger partial charge is 0.306 e. The van der Waals surface area contributed by atoms with Crippen LogP contribution in [0.2, 0.25) is 0 Å². The molecule has 6 rings (SSSR count). The molecular weight excluding hydrogens is 1190 g/mol. The van der Waals surface area contributed by atoms with Crippen molar-refractivity contribution in [3.8, 4) is 0 Å². The van der Waals surface area contributed by atoms with Crippen LogP contribution >= 0.6 is 70.6 Å². The first-order valence-corrected chi connectivity index (χ1v) is 36.7. The van der Waals surface area contributed by atoms with Gasteiger partial charge in [-0.05, 0) is 116 Å². The topological polar surface area (TPSA) is 222 Å². The molecule has 6 saturated heterocycles. The lowest BCUT2D eigenvalue weighted by molar-refractivity contribution is -0.174. The lowest BCUT2D eigenvalue weighted by Crippen LogP contribution is -2.47. The van der Waals surface area contributed by atoms with E-state index < -0.39 is 46.6 Å². The molecule has 83 heavy (non-hydrogen) atoms. The fourth-order valence-corrected chi connectivity index (χ4v) is 16.0. The van der Waals surface area contributed by atoms with Gasteiger partial charge in [0.05, 0.1) is 62.6 Å². The van der Waals surface area contributed by atoms with Crippen LogP contribution < -0.4 is 0 Å². The quantitative estimate of drug-likeness (QED) is 0.0411. The summed E-state index contributed by atoms with van der Waals surface area (Å²) in [6, 6.07) is 0.